The highest BCUT2D eigenvalue weighted by Gasteiger charge is 2.26. The van der Waals surface area contributed by atoms with Gasteiger partial charge in [0, 0.05) is 6.42 Å². The lowest BCUT2D eigenvalue weighted by atomic mass is 9.77. The first kappa shape index (κ1) is 12.2. The number of hydrogen-bond donors (Lipinski definition) is 1. The van der Waals surface area contributed by atoms with Crippen molar-refractivity contribution in [2.24, 2.45) is 0 Å². The molecule has 0 radical (unpaired) electrons. The standard InChI is InChI=1S/C15H20O3/c16-14(10-15-17-8-9-18-15)13-7-2-1-6-12(13)11-4-3-5-11/h1-2,6-7,11,14-16H,3-5,8-10H2. The predicted molar refractivity (Wildman–Crippen MR) is 68.3 cm³/mol. The summed E-state index contributed by atoms with van der Waals surface area (Å²) in [5.74, 6) is 0.640. The summed E-state index contributed by atoms with van der Waals surface area (Å²) in [6, 6.07) is 8.25. The predicted octanol–water partition coefficient (Wildman–Crippen LogP) is 2.75. The van der Waals surface area contributed by atoms with Crippen LogP contribution in [-0.2, 0) is 9.47 Å². The lowest BCUT2D eigenvalue weighted by Gasteiger charge is -2.29. The minimum absolute atomic E-state index is 0.241. The topological polar surface area (TPSA) is 38.7 Å². The van der Waals surface area contributed by atoms with Gasteiger partial charge in [0.05, 0.1) is 19.3 Å². The Bertz CT molecular complexity index is 394. The monoisotopic (exact) mass is 248 g/mol. The fourth-order valence-electron chi connectivity index (χ4n) is 2.76. The van der Waals surface area contributed by atoms with Gasteiger partial charge in [0.25, 0.3) is 0 Å². The van der Waals surface area contributed by atoms with Crippen molar-refractivity contribution < 1.29 is 14.6 Å². The van der Waals surface area contributed by atoms with Crippen molar-refractivity contribution in [1.82, 2.24) is 0 Å². The summed E-state index contributed by atoms with van der Waals surface area (Å²) >= 11 is 0. The van der Waals surface area contributed by atoms with E-state index in [1.807, 2.05) is 12.1 Å². The average Bonchev–Trinajstić information content (AvgIpc) is 2.80. The largest absolute Gasteiger partial charge is 0.388 e. The molecule has 3 nitrogen and oxygen atoms in total. The summed E-state index contributed by atoms with van der Waals surface area (Å²) in [6.45, 7) is 1.28. The first-order valence-corrected chi connectivity index (χ1v) is 6.84. The molecule has 1 saturated carbocycles. The molecule has 0 aromatic heterocycles. The van der Waals surface area contributed by atoms with Crippen LogP contribution in [0.2, 0.25) is 0 Å². The molecule has 2 aliphatic rings. The fourth-order valence-corrected chi connectivity index (χ4v) is 2.76. The molecule has 1 N–H and O–H groups in total. The number of rotatable bonds is 4. The van der Waals surface area contributed by atoms with Gasteiger partial charge in [0.15, 0.2) is 6.29 Å². The van der Waals surface area contributed by atoms with Crippen LogP contribution in [-0.4, -0.2) is 24.6 Å². The van der Waals surface area contributed by atoms with Crippen molar-refractivity contribution in [2.45, 2.75) is 44.0 Å². The average molecular weight is 248 g/mol. The molecule has 0 amide bonds. The van der Waals surface area contributed by atoms with E-state index in [2.05, 4.69) is 12.1 Å². The van der Waals surface area contributed by atoms with Crippen LogP contribution in [0.3, 0.4) is 0 Å². The van der Waals surface area contributed by atoms with Gasteiger partial charge in [-0.25, -0.2) is 0 Å². The number of aliphatic hydroxyl groups is 1. The maximum absolute atomic E-state index is 10.4. The zero-order chi connectivity index (χ0) is 12.4. The third-order valence-corrected chi connectivity index (χ3v) is 4.01. The molecule has 0 bridgehead atoms. The van der Waals surface area contributed by atoms with E-state index in [9.17, 15) is 5.11 Å². The SMILES string of the molecule is OC(CC1OCCO1)c1ccccc1C1CCC1. The Morgan fingerprint density at radius 3 is 2.56 bits per heavy atom. The van der Waals surface area contributed by atoms with E-state index in [4.69, 9.17) is 9.47 Å². The Morgan fingerprint density at radius 1 is 1.17 bits per heavy atom. The van der Waals surface area contributed by atoms with Gasteiger partial charge in [-0.2, -0.15) is 0 Å². The molecule has 98 valence electrons. The molecule has 1 unspecified atom stereocenters. The van der Waals surface area contributed by atoms with E-state index >= 15 is 0 Å². The minimum Gasteiger partial charge on any atom is -0.388 e. The van der Waals surface area contributed by atoms with Crippen LogP contribution in [0.4, 0.5) is 0 Å². The van der Waals surface area contributed by atoms with Gasteiger partial charge in [-0.15, -0.1) is 0 Å². The van der Waals surface area contributed by atoms with Crippen molar-refractivity contribution in [3.63, 3.8) is 0 Å². The van der Waals surface area contributed by atoms with Crippen molar-refractivity contribution in [1.29, 1.82) is 0 Å². The Labute approximate surface area is 108 Å². The first-order valence-electron chi connectivity index (χ1n) is 6.84. The Balaban J connectivity index is 1.73. The van der Waals surface area contributed by atoms with Gasteiger partial charge >= 0.3 is 0 Å². The molecular weight excluding hydrogens is 228 g/mol. The Kier molecular flexibility index (Phi) is 3.64. The van der Waals surface area contributed by atoms with Gasteiger partial charge in [-0.05, 0) is 29.9 Å². The zero-order valence-electron chi connectivity index (χ0n) is 10.5. The van der Waals surface area contributed by atoms with Crippen molar-refractivity contribution >= 4 is 0 Å². The molecule has 18 heavy (non-hydrogen) atoms. The number of hydrogen-bond acceptors (Lipinski definition) is 3. The van der Waals surface area contributed by atoms with Gasteiger partial charge in [-0.1, -0.05) is 30.7 Å². The summed E-state index contributed by atoms with van der Waals surface area (Å²) in [5, 5.41) is 10.4. The fraction of sp³-hybridized carbons (Fsp3) is 0.600. The summed E-state index contributed by atoms with van der Waals surface area (Å²) in [5.41, 5.74) is 2.37. The summed E-state index contributed by atoms with van der Waals surface area (Å²) in [4.78, 5) is 0. The normalized spacial score (nSPS) is 22.9. The summed E-state index contributed by atoms with van der Waals surface area (Å²) in [6.07, 6.45) is 3.62. The van der Waals surface area contributed by atoms with E-state index in [1.54, 1.807) is 0 Å². The molecule has 1 aromatic carbocycles. The molecule has 1 heterocycles. The van der Waals surface area contributed by atoms with Crippen LogP contribution in [0.25, 0.3) is 0 Å². The van der Waals surface area contributed by atoms with E-state index < -0.39 is 6.10 Å². The maximum atomic E-state index is 10.4. The van der Waals surface area contributed by atoms with E-state index in [1.165, 1.54) is 24.8 Å². The molecule has 1 aromatic rings. The van der Waals surface area contributed by atoms with Crippen LogP contribution in [0.5, 0.6) is 0 Å². The number of benzene rings is 1. The van der Waals surface area contributed by atoms with Crippen LogP contribution in [0.1, 0.15) is 48.8 Å². The molecule has 1 aliphatic heterocycles. The maximum Gasteiger partial charge on any atom is 0.160 e. The Morgan fingerprint density at radius 2 is 1.89 bits per heavy atom. The van der Waals surface area contributed by atoms with Crippen LogP contribution >= 0.6 is 0 Å². The highest BCUT2D eigenvalue weighted by Crippen LogP contribution is 2.40. The highest BCUT2D eigenvalue weighted by molar-refractivity contribution is 5.33. The second-order valence-corrected chi connectivity index (χ2v) is 5.18. The van der Waals surface area contributed by atoms with E-state index in [0.717, 1.165) is 5.56 Å². The first-order chi connectivity index (χ1) is 8.84. The van der Waals surface area contributed by atoms with Crippen LogP contribution in [0, 0.1) is 0 Å². The van der Waals surface area contributed by atoms with Crippen molar-refractivity contribution in [2.75, 3.05) is 13.2 Å². The lowest BCUT2D eigenvalue weighted by molar-refractivity contribution is -0.0709. The van der Waals surface area contributed by atoms with E-state index in [0.29, 0.717) is 25.6 Å². The van der Waals surface area contributed by atoms with Gasteiger partial charge in [0.1, 0.15) is 0 Å². The number of aliphatic hydroxyl groups excluding tert-OH is 1. The molecule has 1 atom stereocenters. The molecule has 1 saturated heterocycles. The summed E-state index contributed by atoms with van der Waals surface area (Å²) in [7, 11) is 0. The third-order valence-electron chi connectivity index (χ3n) is 4.01. The lowest BCUT2D eigenvalue weighted by Crippen LogP contribution is -2.17. The number of ether oxygens (including phenoxy) is 2. The van der Waals surface area contributed by atoms with Gasteiger partial charge in [0.2, 0.25) is 0 Å². The Hall–Kier alpha value is -0.900. The molecule has 0 spiro atoms. The van der Waals surface area contributed by atoms with Crippen LogP contribution < -0.4 is 0 Å². The van der Waals surface area contributed by atoms with E-state index in [-0.39, 0.29) is 6.29 Å². The van der Waals surface area contributed by atoms with Gasteiger partial charge in [-0.3, -0.25) is 0 Å². The highest BCUT2D eigenvalue weighted by atomic mass is 16.7. The summed E-state index contributed by atoms with van der Waals surface area (Å²) < 4.78 is 10.8. The molecular formula is C15H20O3. The van der Waals surface area contributed by atoms with Crippen LogP contribution in [0.15, 0.2) is 24.3 Å². The van der Waals surface area contributed by atoms with Crippen molar-refractivity contribution in [3.8, 4) is 0 Å². The minimum atomic E-state index is -0.482. The smallest absolute Gasteiger partial charge is 0.160 e. The zero-order valence-corrected chi connectivity index (χ0v) is 10.5. The second kappa shape index (κ2) is 5.39. The molecule has 1 aliphatic carbocycles. The van der Waals surface area contributed by atoms with Gasteiger partial charge < -0.3 is 14.6 Å². The molecule has 3 rings (SSSR count). The third kappa shape index (κ3) is 2.44. The molecule has 2 fully saturated rings. The quantitative estimate of drug-likeness (QED) is 0.890. The second-order valence-electron chi connectivity index (χ2n) is 5.18. The van der Waals surface area contributed by atoms with Crippen molar-refractivity contribution in [3.05, 3.63) is 35.4 Å². The molecule has 3 heteroatoms.